The van der Waals surface area contributed by atoms with Gasteiger partial charge in [0.1, 0.15) is 5.75 Å². The van der Waals surface area contributed by atoms with Crippen molar-refractivity contribution in [1.82, 2.24) is 4.98 Å². The Balaban J connectivity index is 1.90. The van der Waals surface area contributed by atoms with Crippen LogP contribution in [0.4, 0.5) is 10.8 Å². The number of nitrogens with one attached hydrogen (secondary N) is 1. The molecule has 3 nitrogen and oxygen atoms in total. The molecule has 4 heteroatoms. The van der Waals surface area contributed by atoms with E-state index in [4.69, 9.17) is 4.74 Å². The van der Waals surface area contributed by atoms with E-state index in [2.05, 4.69) is 35.4 Å². The SMILES string of the molecule is COc1ccc(Nc2nc3c(C)cccc3s2)cc1. The van der Waals surface area contributed by atoms with Crippen molar-refractivity contribution >= 4 is 32.4 Å². The molecule has 0 saturated carbocycles. The Labute approximate surface area is 115 Å². The van der Waals surface area contributed by atoms with Crippen LogP contribution in [0.5, 0.6) is 5.75 Å². The van der Waals surface area contributed by atoms with Gasteiger partial charge in [-0.1, -0.05) is 23.5 Å². The molecule has 0 amide bonds. The Kier molecular flexibility index (Phi) is 3.09. The van der Waals surface area contributed by atoms with Crippen LogP contribution in [-0.2, 0) is 0 Å². The van der Waals surface area contributed by atoms with Crippen LogP contribution in [0.25, 0.3) is 10.2 Å². The van der Waals surface area contributed by atoms with Crippen molar-refractivity contribution in [2.75, 3.05) is 12.4 Å². The maximum Gasteiger partial charge on any atom is 0.188 e. The molecule has 0 bridgehead atoms. The van der Waals surface area contributed by atoms with E-state index in [9.17, 15) is 0 Å². The number of hydrogen-bond donors (Lipinski definition) is 1. The highest BCUT2D eigenvalue weighted by Crippen LogP contribution is 2.30. The lowest BCUT2D eigenvalue weighted by Gasteiger charge is -2.03. The Morgan fingerprint density at radius 2 is 1.89 bits per heavy atom. The molecular formula is C15H14N2OS. The summed E-state index contributed by atoms with van der Waals surface area (Å²) in [6, 6.07) is 14.1. The summed E-state index contributed by atoms with van der Waals surface area (Å²) < 4.78 is 6.35. The highest BCUT2D eigenvalue weighted by atomic mass is 32.1. The predicted molar refractivity (Wildman–Crippen MR) is 80.6 cm³/mol. The van der Waals surface area contributed by atoms with Gasteiger partial charge in [-0.3, -0.25) is 0 Å². The first-order valence-electron chi connectivity index (χ1n) is 6.03. The van der Waals surface area contributed by atoms with Gasteiger partial charge in [0.05, 0.1) is 17.3 Å². The fourth-order valence-electron chi connectivity index (χ4n) is 1.94. The third-order valence-corrected chi connectivity index (χ3v) is 3.90. The van der Waals surface area contributed by atoms with Crippen LogP contribution >= 0.6 is 11.3 Å². The van der Waals surface area contributed by atoms with Gasteiger partial charge in [-0.05, 0) is 42.8 Å². The van der Waals surface area contributed by atoms with Gasteiger partial charge in [-0.2, -0.15) is 0 Å². The van der Waals surface area contributed by atoms with Crippen LogP contribution in [0.3, 0.4) is 0 Å². The number of hydrogen-bond acceptors (Lipinski definition) is 4. The summed E-state index contributed by atoms with van der Waals surface area (Å²) in [5.74, 6) is 0.852. The van der Waals surface area contributed by atoms with Crippen LogP contribution in [0.15, 0.2) is 42.5 Å². The first kappa shape index (κ1) is 12.0. The zero-order valence-corrected chi connectivity index (χ0v) is 11.6. The molecule has 2 aromatic carbocycles. The normalized spacial score (nSPS) is 10.6. The van der Waals surface area contributed by atoms with Crippen LogP contribution in [-0.4, -0.2) is 12.1 Å². The number of methoxy groups -OCH3 is 1. The number of benzene rings is 2. The smallest absolute Gasteiger partial charge is 0.188 e. The van der Waals surface area contributed by atoms with E-state index in [1.165, 1.54) is 10.3 Å². The topological polar surface area (TPSA) is 34.1 Å². The number of fused-ring (bicyclic) bond motifs is 1. The third-order valence-electron chi connectivity index (χ3n) is 2.96. The minimum atomic E-state index is 0.852. The number of nitrogens with zero attached hydrogens (tertiary/aromatic N) is 1. The van der Waals surface area contributed by atoms with E-state index in [-0.39, 0.29) is 0 Å². The standard InChI is InChI=1S/C15H14N2OS/c1-10-4-3-5-13-14(10)17-15(19-13)16-11-6-8-12(18-2)9-7-11/h3-9H,1-2H3,(H,16,17). The first-order valence-corrected chi connectivity index (χ1v) is 6.85. The van der Waals surface area contributed by atoms with Crippen molar-refractivity contribution in [1.29, 1.82) is 0 Å². The maximum atomic E-state index is 5.14. The summed E-state index contributed by atoms with van der Waals surface area (Å²) in [7, 11) is 1.67. The number of ether oxygens (including phenoxy) is 1. The third kappa shape index (κ3) is 2.39. The van der Waals surface area contributed by atoms with E-state index in [0.29, 0.717) is 0 Å². The molecule has 0 unspecified atom stereocenters. The van der Waals surface area contributed by atoms with Crippen molar-refractivity contribution in [3.63, 3.8) is 0 Å². The molecular weight excluding hydrogens is 256 g/mol. The molecule has 3 rings (SSSR count). The Morgan fingerprint density at radius 3 is 2.58 bits per heavy atom. The average molecular weight is 270 g/mol. The Hall–Kier alpha value is -2.07. The quantitative estimate of drug-likeness (QED) is 0.768. The van der Waals surface area contributed by atoms with E-state index in [1.807, 2.05) is 24.3 Å². The summed E-state index contributed by atoms with van der Waals surface area (Å²) in [6.45, 7) is 2.08. The van der Waals surface area contributed by atoms with Crippen molar-refractivity contribution in [2.45, 2.75) is 6.92 Å². The minimum Gasteiger partial charge on any atom is -0.497 e. The second kappa shape index (κ2) is 4.90. The van der Waals surface area contributed by atoms with Gasteiger partial charge < -0.3 is 10.1 Å². The van der Waals surface area contributed by atoms with Gasteiger partial charge in [0.25, 0.3) is 0 Å². The highest BCUT2D eigenvalue weighted by molar-refractivity contribution is 7.22. The largest absolute Gasteiger partial charge is 0.497 e. The molecule has 96 valence electrons. The van der Waals surface area contributed by atoms with E-state index < -0.39 is 0 Å². The number of rotatable bonds is 3. The molecule has 0 fully saturated rings. The molecule has 0 radical (unpaired) electrons. The summed E-state index contributed by atoms with van der Waals surface area (Å²) in [6.07, 6.45) is 0. The fourth-order valence-corrected chi connectivity index (χ4v) is 2.90. The molecule has 0 spiro atoms. The second-order valence-corrected chi connectivity index (χ2v) is 5.32. The zero-order chi connectivity index (χ0) is 13.2. The van der Waals surface area contributed by atoms with E-state index in [1.54, 1.807) is 18.4 Å². The van der Waals surface area contributed by atoms with Crippen molar-refractivity contribution in [3.8, 4) is 5.75 Å². The number of aromatic nitrogens is 1. The van der Waals surface area contributed by atoms with Crippen LogP contribution < -0.4 is 10.1 Å². The zero-order valence-electron chi connectivity index (χ0n) is 10.8. The van der Waals surface area contributed by atoms with Crippen molar-refractivity contribution in [2.24, 2.45) is 0 Å². The summed E-state index contributed by atoms with van der Waals surface area (Å²) >= 11 is 1.66. The van der Waals surface area contributed by atoms with Gasteiger partial charge in [-0.15, -0.1) is 0 Å². The molecule has 0 atom stereocenters. The minimum absolute atomic E-state index is 0.852. The second-order valence-electron chi connectivity index (χ2n) is 4.29. The van der Waals surface area contributed by atoms with Crippen LogP contribution in [0.1, 0.15) is 5.56 Å². The molecule has 19 heavy (non-hydrogen) atoms. The fraction of sp³-hybridized carbons (Fsp3) is 0.133. The summed E-state index contributed by atoms with van der Waals surface area (Å²) in [5, 5.41) is 4.24. The Morgan fingerprint density at radius 1 is 1.11 bits per heavy atom. The predicted octanol–water partition coefficient (Wildman–Crippen LogP) is 4.36. The maximum absolute atomic E-state index is 5.14. The summed E-state index contributed by atoms with van der Waals surface area (Å²) in [5.41, 5.74) is 3.29. The number of thiazole rings is 1. The lowest BCUT2D eigenvalue weighted by molar-refractivity contribution is 0.415. The van der Waals surface area contributed by atoms with E-state index >= 15 is 0 Å². The molecule has 3 aromatic rings. The monoisotopic (exact) mass is 270 g/mol. The first-order chi connectivity index (χ1) is 9.26. The molecule has 0 aliphatic carbocycles. The number of anilines is 2. The molecule has 1 aromatic heterocycles. The molecule has 0 aliphatic rings. The highest BCUT2D eigenvalue weighted by Gasteiger charge is 2.05. The lowest BCUT2D eigenvalue weighted by atomic mass is 10.2. The number of aryl methyl sites for hydroxylation is 1. The van der Waals surface area contributed by atoms with Gasteiger partial charge in [-0.25, -0.2) is 4.98 Å². The number of para-hydroxylation sites is 1. The van der Waals surface area contributed by atoms with Crippen LogP contribution in [0, 0.1) is 6.92 Å². The average Bonchev–Trinajstić information content (AvgIpc) is 2.84. The van der Waals surface area contributed by atoms with Crippen molar-refractivity contribution in [3.05, 3.63) is 48.0 Å². The molecule has 1 N–H and O–H groups in total. The Bertz CT molecular complexity index is 704. The summed E-state index contributed by atoms with van der Waals surface area (Å²) in [4.78, 5) is 4.63. The van der Waals surface area contributed by atoms with Gasteiger partial charge >= 0.3 is 0 Å². The van der Waals surface area contributed by atoms with Gasteiger partial charge in [0.15, 0.2) is 5.13 Å². The van der Waals surface area contributed by atoms with Gasteiger partial charge in [0.2, 0.25) is 0 Å². The molecule has 1 heterocycles. The van der Waals surface area contributed by atoms with Crippen molar-refractivity contribution < 1.29 is 4.74 Å². The van der Waals surface area contributed by atoms with Crippen LogP contribution in [0.2, 0.25) is 0 Å². The lowest BCUT2D eigenvalue weighted by Crippen LogP contribution is -1.89. The molecule has 0 aliphatic heterocycles. The molecule has 0 saturated heterocycles. The van der Waals surface area contributed by atoms with E-state index in [0.717, 1.165) is 22.1 Å². The van der Waals surface area contributed by atoms with Gasteiger partial charge in [0, 0.05) is 5.69 Å².